The number of hydrogen-bond acceptors (Lipinski definition) is 3. The van der Waals surface area contributed by atoms with Crippen LogP contribution in [0.15, 0.2) is 19.5 Å². The van der Waals surface area contributed by atoms with Crippen molar-refractivity contribution in [1.82, 2.24) is 10.2 Å². The van der Waals surface area contributed by atoms with Crippen molar-refractivity contribution in [2.75, 3.05) is 27.2 Å². The van der Waals surface area contributed by atoms with E-state index in [0.29, 0.717) is 6.54 Å². The van der Waals surface area contributed by atoms with Crippen LogP contribution in [0.2, 0.25) is 0 Å². The van der Waals surface area contributed by atoms with Gasteiger partial charge in [-0.2, -0.15) is 0 Å². The quantitative estimate of drug-likeness (QED) is 0.672. The van der Waals surface area contributed by atoms with E-state index >= 15 is 0 Å². The molecule has 1 heterocycles. The first-order valence-corrected chi connectivity index (χ1v) is 9.52. The van der Waals surface area contributed by atoms with Gasteiger partial charge in [0.2, 0.25) is 5.91 Å². The Morgan fingerprint density at radius 3 is 2.73 bits per heavy atom. The predicted molar refractivity (Wildman–Crippen MR) is 98.5 cm³/mol. The molecule has 1 amide bonds. The third kappa shape index (κ3) is 4.04. The molecule has 1 unspecified atom stereocenters. The number of benzene rings is 1. The fourth-order valence-electron chi connectivity index (χ4n) is 2.70. The minimum Gasteiger partial charge on any atom is -0.494 e. The molecule has 1 aromatic rings. The fourth-order valence-corrected chi connectivity index (χ4v) is 5.54. The smallest absolute Gasteiger partial charge is 0.237 e. The number of carbonyl (C=O) groups excluding carboxylic acids is 1. The molecule has 0 aromatic heterocycles. The van der Waals surface area contributed by atoms with Crippen molar-refractivity contribution < 1.29 is 9.53 Å². The van der Waals surface area contributed by atoms with Gasteiger partial charge >= 0.3 is 0 Å². The van der Waals surface area contributed by atoms with Gasteiger partial charge in [0.05, 0.1) is 22.1 Å². The van der Waals surface area contributed by atoms with Gasteiger partial charge in [-0.3, -0.25) is 9.69 Å². The zero-order chi connectivity index (χ0) is 16.3. The van der Waals surface area contributed by atoms with Crippen molar-refractivity contribution in [1.29, 1.82) is 0 Å². The number of likely N-dealkylation sites (tertiary alicyclic amines) is 1. The molecule has 1 atom stereocenters. The van der Waals surface area contributed by atoms with Crippen LogP contribution in [0, 0.1) is 0 Å². The van der Waals surface area contributed by atoms with E-state index in [0.717, 1.165) is 50.5 Å². The number of nitrogens with zero attached hydrogens (tertiary/aromatic N) is 1. The Morgan fingerprint density at radius 1 is 1.41 bits per heavy atom. The zero-order valence-corrected chi connectivity index (χ0v) is 17.3. The number of ether oxygens (including phenoxy) is 1. The average Bonchev–Trinajstić information content (AvgIpc) is 2.88. The van der Waals surface area contributed by atoms with Crippen molar-refractivity contribution in [3.63, 3.8) is 0 Å². The zero-order valence-electron chi connectivity index (χ0n) is 12.6. The van der Waals surface area contributed by atoms with E-state index in [1.54, 1.807) is 7.11 Å². The summed E-state index contributed by atoms with van der Waals surface area (Å²) in [5.41, 5.74) is 1.08. The molecule has 1 N–H and O–H groups in total. The van der Waals surface area contributed by atoms with Gasteiger partial charge in [-0.1, -0.05) is 15.9 Å². The summed E-state index contributed by atoms with van der Waals surface area (Å²) in [6.07, 6.45) is 2.77. The van der Waals surface area contributed by atoms with Crippen molar-refractivity contribution in [2.24, 2.45) is 0 Å². The number of amides is 1. The second-order valence-corrected chi connectivity index (χ2v) is 7.85. The number of hydrogen-bond donors (Lipinski definition) is 1. The Bertz CT molecular complexity index is 566. The van der Waals surface area contributed by atoms with Crippen molar-refractivity contribution >= 4 is 53.7 Å². The van der Waals surface area contributed by atoms with Gasteiger partial charge in [0.1, 0.15) is 5.75 Å². The summed E-state index contributed by atoms with van der Waals surface area (Å²) < 4.78 is 8.16. The first-order valence-electron chi connectivity index (χ1n) is 7.14. The Balaban J connectivity index is 1.98. The second kappa shape index (κ2) is 8.13. The minimum absolute atomic E-state index is 0.0198. The van der Waals surface area contributed by atoms with E-state index in [4.69, 9.17) is 4.74 Å². The lowest BCUT2D eigenvalue weighted by atomic mass is 10.1. The summed E-state index contributed by atoms with van der Waals surface area (Å²) in [6, 6.07) is 1.98. The molecule has 1 fully saturated rings. The Kier molecular flexibility index (Phi) is 6.73. The maximum atomic E-state index is 12.2. The van der Waals surface area contributed by atoms with Crippen LogP contribution in [0.5, 0.6) is 5.75 Å². The molecule has 7 heteroatoms. The lowest BCUT2D eigenvalue weighted by Crippen LogP contribution is -2.42. The summed E-state index contributed by atoms with van der Waals surface area (Å²) in [5.74, 6) is 0.886. The van der Waals surface area contributed by atoms with E-state index in [-0.39, 0.29) is 11.9 Å². The van der Waals surface area contributed by atoms with E-state index in [9.17, 15) is 4.79 Å². The van der Waals surface area contributed by atoms with Crippen LogP contribution in [0.4, 0.5) is 0 Å². The SMILES string of the molecule is COc1c(Br)cc(Br)c(CCNC(=O)C2CCCN2C)c1Br. The van der Waals surface area contributed by atoms with Crippen LogP contribution in [0.1, 0.15) is 18.4 Å². The van der Waals surface area contributed by atoms with Crippen LogP contribution in [0.25, 0.3) is 0 Å². The topological polar surface area (TPSA) is 41.6 Å². The van der Waals surface area contributed by atoms with Gasteiger partial charge in [-0.15, -0.1) is 0 Å². The molecule has 0 bridgehead atoms. The summed E-state index contributed by atoms with van der Waals surface area (Å²) in [7, 11) is 3.64. The van der Waals surface area contributed by atoms with Crippen LogP contribution >= 0.6 is 47.8 Å². The predicted octanol–water partition coefficient (Wildman–Crippen LogP) is 3.74. The third-order valence-corrected chi connectivity index (χ3v) is 6.06. The van der Waals surface area contributed by atoms with Gasteiger partial charge in [0.25, 0.3) is 0 Å². The number of nitrogens with one attached hydrogen (secondary N) is 1. The Labute approximate surface area is 156 Å². The van der Waals surface area contributed by atoms with Crippen LogP contribution < -0.4 is 10.1 Å². The third-order valence-electron chi connectivity index (χ3n) is 3.92. The molecule has 0 spiro atoms. The summed E-state index contributed by atoms with van der Waals surface area (Å²) >= 11 is 10.6. The summed E-state index contributed by atoms with van der Waals surface area (Å²) in [5, 5.41) is 3.04. The highest BCUT2D eigenvalue weighted by atomic mass is 79.9. The Morgan fingerprint density at radius 2 is 2.14 bits per heavy atom. The summed E-state index contributed by atoms with van der Waals surface area (Å²) in [6.45, 7) is 1.60. The molecule has 0 saturated carbocycles. The lowest BCUT2D eigenvalue weighted by molar-refractivity contribution is -0.125. The molecule has 1 aliphatic rings. The molecule has 0 aliphatic carbocycles. The molecule has 2 rings (SSSR count). The van der Waals surface area contributed by atoms with Gasteiger partial charge in [-0.05, 0) is 76.3 Å². The standard InChI is InChI=1S/C15H19Br3N2O2/c1-20-7-3-4-12(20)15(21)19-6-5-9-10(16)8-11(17)14(22-2)13(9)18/h8,12H,3-7H2,1-2H3,(H,19,21). The van der Waals surface area contributed by atoms with E-state index in [2.05, 4.69) is 58.0 Å². The highest BCUT2D eigenvalue weighted by molar-refractivity contribution is 9.11. The molecule has 1 aliphatic heterocycles. The normalized spacial score (nSPS) is 18.5. The van der Waals surface area contributed by atoms with Gasteiger partial charge in [-0.25, -0.2) is 0 Å². The molecule has 1 aromatic carbocycles. The molecule has 0 radical (unpaired) electrons. The molecule has 22 heavy (non-hydrogen) atoms. The maximum Gasteiger partial charge on any atom is 0.237 e. The summed E-state index contributed by atoms with van der Waals surface area (Å²) in [4.78, 5) is 14.3. The van der Waals surface area contributed by atoms with Crippen molar-refractivity contribution in [2.45, 2.75) is 25.3 Å². The highest BCUT2D eigenvalue weighted by Gasteiger charge is 2.27. The number of carbonyl (C=O) groups is 1. The van der Waals surface area contributed by atoms with Crippen LogP contribution in [-0.2, 0) is 11.2 Å². The lowest BCUT2D eigenvalue weighted by Gasteiger charge is -2.19. The van der Waals surface area contributed by atoms with Gasteiger partial charge in [0.15, 0.2) is 0 Å². The number of likely N-dealkylation sites (N-methyl/N-ethyl adjacent to an activating group) is 1. The number of rotatable bonds is 5. The molecule has 1 saturated heterocycles. The highest BCUT2D eigenvalue weighted by Crippen LogP contribution is 2.40. The first kappa shape index (κ1) is 18.2. The second-order valence-electron chi connectivity index (χ2n) is 5.35. The van der Waals surface area contributed by atoms with Crippen molar-refractivity contribution in [3.8, 4) is 5.75 Å². The first-order chi connectivity index (χ1) is 10.5. The van der Waals surface area contributed by atoms with Crippen molar-refractivity contribution in [3.05, 3.63) is 25.0 Å². The number of halogens is 3. The Hall–Kier alpha value is -0.110. The molecule has 4 nitrogen and oxygen atoms in total. The van der Waals surface area contributed by atoms with Crippen LogP contribution in [0.3, 0.4) is 0 Å². The van der Waals surface area contributed by atoms with Crippen LogP contribution in [-0.4, -0.2) is 44.1 Å². The molecule has 122 valence electrons. The largest absolute Gasteiger partial charge is 0.494 e. The van der Waals surface area contributed by atoms with Gasteiger partial charge in [0, 0.05) is 11.0 Å². The average molecular weight is 499 g/mol. The number of methoxy groups -OCH3 is 1. The van der Waals surface area contributed by atoms with E-state index in [1.165, 1.54) is 0 Å². The molecular formula is C15H19Br3N2O2. The van der Waals surface area contributed by atoms with Gasteiger partial charge < -0.3 is 10.1 Å². The molecular weight excluding hydrogens is 480 g/mol. The minimum atomic E-state index is 0.0198. The fraction of sp³-hybridized carbons (Fsp3) is 0.533. The van der Waals surface area contributed by atoms with E-state index in [1.807, 2.05) is 13.1 Å². The monoisotopic (exact) mass is 496 g/mol. The van der Waals surface area contributed by atoms with E-state index < -0.39 is 0 Å². The maximum absolute atomic E-state index is 12.2.